The minimum absolute atomic E-state index is 0.0168. The average molecular weight is 550 g/mol. The van der Waals surface area contributed by atoms with Crippen LogP contribution in [-0.2, 0) is 20.0 Å². The van der Waals surface area contributed by atoms with E-state index in [0.29, 0.717) is 17.0 Å². The highest BCUT2D eigenvalue weighted by molar-refractivity contribution is 7.92. The number of halogens is 1. The van der Waals surface area contributed by atoms with Crippen LogP contribution in [0.3, 0.4) is 0 Å². The molecule has 0 bridgehead atoms. The number of primary sulfonamides is 1. The second kappa shape index (κ2) is 11.1. The number of nitrogens with two attached hydrogens (primary N) is 1. The predicted molar refractivity (Wildman–Crippen MR) is 139 cm³/mol. The Bertz CT molecular complexity index is 1470. The number of nitrogens with one attached hydrogen (secondary N) is 3. The van der Waals surface area contributed by atoms with Gasteiger partial charge in [0, 0.05) is 29.3 Å². The standard InChI is InChI=1S/C23H28FN7O4S2/c1-31-10-8-17(9-11-31)30-36(32,33)15-16-4-2-5-18(12-16)27-22-21(24)14-26-23(29-22)28-19-6-3-7-20(13-19)37(25,34)35/h2-7,13-15,17,30H,8-12H2,1H3,(H2,25,34,35)(H2,26,27,28,29)/b16-15+. The van der Waals surface area contributed by atoms with Crippen molar-refractivity contribution in [3.63, 3.8) is 0 Å². The maximum atomic E-state index is 14.5. The van der Waals surface area contributed by atoms with Gasteiger partial charge in [-0.1, -0.05) is 18.2 Å². The van der Waals surface area contributed by atoms with E-state index >= 15 is 0 Å². The summed E-state index contributed by atoms with van der Waals surface area (Å²) in [6, 6.07) is 5.62. The molecular formula is C23H28FN7O4S2. The summed E-state index contributed by atoms with van der Waals surface area (Å²) >= 11 is 0. The summed E-state index contributed by atoms with van der Waals surface area (Å²) in [6.45, 7) is 1.67. The number of hydrogen-bond acceptors (Lipinski definition) is 9. The van der Waals surface area contributed by atoms with Crippen LogP contribution in [0.2, 0.25) is 0 Å². The van der Waals surface area contributed by atoms with E-state index in [2.05, 4.69) is 30.2 Å². The smallest absolute Gasteiger partial charge is 0.238 e. The molecule has 1 aliphatic carbocycles. The molecule has 11 nitrogen and oxygen atoms in total. The maximum absolute atomic E-state index is 14.5. The van der Waals surface area contributed by atoms with Crippen LogP contribution in [0.4, 0.5) is 21.8 Å². The summed E-state index contributed by atoms with van der Waals surface area (Å²) < 4.78 is 65.7. The monoisotopic (exact) mass is 549 g/mol. The molecule has 0 radical (unpaired) electrons. The zero-order chi connectivity index (χ0) is 26.6. The number of anilines is 3. The van der Waals surface area contributed by atoms with Gasteiger partial charge in [-0.05, 0) is 62.8 Å². The van der Waals surface area contributed by atoms with Crippen molar-refractivity contribution in [3.8, 4) is 0 Å². The second-order valence-electron chi connectivity index (χ2n) is 8.87. The molecular weight excluding hydrogens is 521 g/mol. The van der Waals surface area contributed by atoms with Crippen LogP contribution < -0.4 is 20.5 Å². The molecule has 2 aromatic rings. The molecule has 5 N–H and O–H groups in total. The maximum Gasteiger partial charge on any atom is 0.238 e. The molecule has 2 heterocycles. The molecule has 198 valence electrons. The Morgan fingerprint density at radius 3 is 2.65 bits per heavy atom. The highest BCUT2D eigenvalue weighted by atomic mass is 32.2. The van der Waals surface area contributed by atoms with Gasteiger partial charge in [0.1, 0.15) is 0 Å². The Morgan fingerprint density at radius 2 is 1.92 bits per heavy atom. The van der Waals surface area contributed by atoms with E-state index in [1.54, 1.807) is 24.3 Å². The van der Waals surface area contributed by atoms with Gasteiger partial charge < -0.3 is 15.5 Å². The van der Waals surface area contributed by atoms with Crippen molar-refractivity contribution in [3.05, 3.63) is 71.2 Å². The van der Waals surface area contributed by atoms with E-state index in [0.717, 1.165) is 32.1 Å². The Morgan fingerprint density at radius 1 is 1.16 bits per heavy atom. The number of benzene rings is 1. The highest BCUT2D eigenvalue weighted by Gasteiger charge is 2.21. The number of aromatic nitrogens is 2. The second-order valence-corrected chi connectivity index (χ2v) is 12.0. The van der Waals surface area contributed by atoms with Crippen molar-refractivity contribution < 1.29 is 21.2 Å². The number of piperidine rings is 1. The lowest BCUT2D eigenvalue weighted by molar-refractivity contribution is 0.248. The molecule has 1 saturated heterocycles. The zero-order valence-electron chi connectivity index (χ0n) is 20.1. The Labute approximate surface area is 215 Å². The van der Waals surface area contributed by atoms with Crippen LogP contribution in [0, 0.1) is 5.82 Å². The van der Waals surface area contributed by atoms with Gasteiger partial charge >= 0.3 is 0 Å². The third-order valence-corrected chi connectivity index (χ3v) is 7.99. The van der Waals surface area contributed by atoms with Gasteiger partial charge in [-0.3, -0.25) is 0 Å². The lowest BCUT2D eigenvalue weighted by Gasteiger charge is -2.29. The fraction of sp³-hybridized carbons (Fsp3) is 0.304. The van der Waals surface area contributed by atoms with E-state index < -0.39 is 25.9 Å². The van der Waals surface area contributed by atoms with E-state index in [-0.39, 0.29) is 29.1 Å². The largest absolute Gasteiger partial charge is 0.341 e. The molecule has 2 aliphatic rings. The van der Waals surface area contributed by atoms with Crippen LogP contribution in [0.5, 0.6) is 0 Å². The van der Waals surface area contributed by atoms with Crippen molar-refractivity contribution in [2.75, 3.05) is 30.8 Å². The van der Waals surface area contributed by atoms with E-state index in [1.165, 1.54) is 23.6 Å². The topological polar surface area (TPSA) is 159 Å². The van der Waals surface area contributed by atoms with Crippen molar-refractivity contribution in [2.24, 2.45) is 5.14 Å². The van der Waals surface area contributed by atoms with Crippen molar-refractivity contribution in [2.45, 2.75) is 30.2 Å². The van der Waals surface area contributed by atoms with Crippen molar-refractivity contribution in [1.29, 1.82) is 0 Å². The summed E-state index contributed by atoms with van der Waals surface area (Å²) in [5.74, 6) is -0.835. The quantitative estimate of drug-likeness (QED) is 0.387. The number of nitrogens with zero attached hydrogens (tertiary/aromatic N) is 3. The first kappa shape index (κ1) is 26.9. The van der Waals surface area contributed by atoms with Gasteiger partial charge in [-0.2, -0.15) is 4.98 Å². The summed E-state index contributed by atoms with van der Waals surface area (Å²) in [5.41, 5.74) is 1.40. The molecule has 1 fully saturated rings. The molecule has 1 aliphatic heterocycles. The number of hydrogen-bond donors (Lipinski definition) is 4. The molecule has 37 heavy (non-hydrogen) atoms. The molecule has 0 amide bonds. The van der Waals surface area contributed by atoms with Crippen LogP contribution in [0.25, 0.3) is 0 Å². The van der Waals surface area contributed by atoms with Gasteiger partial charge in [0.15, 0.2) is 11.6 Å². The first-order chi connectivity index (χ1) is 17.5. The molecule has 1 aromatic carbocycles. The Kier molecular flexibility index (Phi) is 8.04. The first-order valence-electron chi connectivity index (χ1n) is 11.4. The van der Waals surface area contributed by atoms with Crippen LogP contribution in [0.15, 0.2) is 70.3 Å². The van der Waals surface area contributed by atoms with Crippen LogP contribution in [0.1, 0.15) is 19.3 Å². The van der Waals surface area contributed by atoms with Gasteiger partial charge in [-0.15, -0.1) is 0 Å². The fourth-order valence-corrected chi connectivity index (χ4v) is 5.82. The predicted octanol–water partition coefficient (Wildman–Crippen LogP) is 2.16. The molecule has 0 atom stereocenters. The molecule has 0 spiro atoms. The summed E-state index contributed by atoms with van der Waals surface area (Å²) in [6.07, 6.45) is 7.72. The van der Waals surface area contributed by atoms with E-state index in [9.17, 15) is 21.2 Å². The summed E-state index contributed by atoms with van der Waals surface area (Å²) in [4.78, 5) is 10.1. The van der Waals surface area contributed by atoms with Crippen molar-refractivity contribution in [1.82, 2.24) is 19.6 Å². The lowest BCUT2D eigenvalue weighted by atomic mass is 10.1. The minimum atomic E-state index is -3.90. The summed E-state index contributed by atoms with van der Waals surface area (Å²) in [5, 5.41) is 12.1. The average Bonchev–Trinajstić information content (AvgIpc) is 2.82. The Balaban J connectivity index is 1.43. The highest BCUT2D eigenvalue weighted by Crippen LogP contribution is 2.24. The van der Waals surface area contributed by atoms with E-state index in [4.69, 9.17) is 5.14 Å². The van der Waals surface area contributed by atoms with Gasteiger partial charge in [-0.25, -0.2) is 36.1 Å². The van der Waals surface area contributed by atoms with Gasteiger partial charge in [0.25, 0.3) is 0 Å². The third-order valence-electron chi connectivity index (χ3n) is 5.80. The SMILES string of the molecule is CN1CCC(NS(=O)(=O)/C=C2\C=CC=C(Nc3nc(Nc4cccc(S(N)(=O)=O)c4)ncc3F)C2)CC1. The fourth-order valence-electron chi connectivity index (χ4n) is 3.93. The van der Waals surface area contributed by atoms with Gasteiger partial charge in [0.2, 0.25) is 26.0 Å². The van der Waals surface area contributed by atoms with Gasteiger partial charge in [0.05, 0.1) is 11.1 Å². The van der Waals surface area contributed by atoms with E-state index in [1.807, 2.05) is 7.05 Å². The molecule has 0 saturated carbocycles. The number of sulfonamides is 2. The first-order valence-corrected chi connectivity index (χ1v) is 14.5. The van der Waals surface area contributed by atoms with Crippen molar-refractivity contribution >= 4 is 37.5 Å². The van der Waals surface area contributed by atoms with Crippen LogP contribution in [-0.4, -0.2) is 57.9 Å². The number of likely N-dealkylation sites (tertiary alicyclic amines) is 1. The number of rotatable bonds is 8. The normalized spacial score (nSPS) is 18.6. The minimum Gasteiger partial charge on any atom is -0.341 e. The molecule has 1 aromatic heterocycles. The number of allylic oxidation sites excluding steroid dienone is 4. The summed E-state index contributed by atoms with van der Waals surface area (Å²) in [7, 11) is -5.55. The van der Waals surface area contributed by atoms with Crippen LogP contribution >= 0.6 is 0 Å². The Hall–Kier alpha value is -3.17. The molecule has 0 unspecified atom stereocenters. The zero-order valence-corrected chi connectivity index (χ0v) is 21.7. The third kappa shape index (κ3) is 7.66. The molecule has 14 heteroatoms. The lowest BCUT2D eigenvalue weighted by Crippen LogP contribution is -2.42. The molecule has 4 rings (SSSR count).